The molecule has 18 heteroatoms. The molecule has 0 fully saturated rings. The van der Waals surface area contributed by atoms with Crippen molar-refractivity contribution < 1.29 is 75.8 Å². The lowest BCUT2D eigenvalue weighted by Crippen LogP contribution is -2.30. The van der Waals surface area contributed by atoms with Gasteiger partial charge in [0.05, 0.1) is 26.4 Å². The van der Waals surface area contributed by atoms with Crippen molar-refractivity contribution in [1.82, 2.24) is 0 Å². The first-order valence-electron chi connectivity index (χ1n) is 51.4. The lowest BCUT2D eigenvalue weighted by Gasteiger charge is -2.21. The second-order valence-corrected chi connectivity index (χ2v) is 37.1. The third-order valence-corrected chi connectivity index (χ3v) is 23.8. The van der Waals surface area contributed by atoms with E-state index in [1.165, 1.54) is 218 Å². The van der Waals surface area contributed by atoms with Crippen molar-refractivity contribution in [2.45, 2.75) is 463 Å². The number of hydrogen-bond donors (Lipinski definition) is 4. The van der Waals surface area contributed by atoms with Gasteiger partial charge in [-0.1, -0.05) is 441 Å². The van der Waals surface area contributed by atoms with E-state index in [4.69, 9.17) is 32.3 Å². The Bertz CT molecular complexity index is 2990. The molecule has 0 aliphatic heterocycles. The number of phosphoric ester groups is 2. The fraction of sp³-hybridized carbons (Fsp3) is 0.716. The van der Waals surface area contributed by atoms with Gasteiger partial charge in [0.15, 0.2) is 6.10 Å². The summed E-state index contributed by atoms with van der Waals surface area (Å²) in [6.45, 7) is 2.49. The minimum Gasteiger partial charge on any atom is -0.463 e. The fourth-order valence-electron chi connectivity index (χ4n) is 14.2. The molecule has 0 aromatic carbocycles. The molecule has 0 amide bonds. The monoisotopic (exact) mass is 1820 g/mol. The summed E-state index contributed by atoms with van der Waals surface area (Å²) in [7, 11) is -9.82. The largest absolute Gasteiger partial charge is 0.472 e. The Hall–Kier alpha value is -5.09. The maximum Gasteiger partial charge on any atom is 0.472 e. The van der Waals surface area contributed by atoms with E-state index < -0.39 is 91.5 Å². The van der Waals surface area contributed by atoms with Crippen LogP contribution in [0.5, 0.6) is 0 Å². The maximum absolute atomic E-state index is 13.1. The minimum atomic E-state index is -4.95. The van der Waals surface area contributed by atoms with Gasteiger partial charge in [0.2, 0.25) is 0 Å². The van der Waals surface area contributed by atoms with Gasteiger partial charge >= 0.3 is 33.6 Å². The summed E-state index contributed by atoms with van der Waals surface area (Å²) < 4.78 is 61.7. The normalized spacial score (nSPS) is 14.4. The molecule has 0 aliphatic rings. The molecular weight excluding hydrogens is 1630 g/mol. The van der Waals surface area contributed by atoms with Gasteiger partial charge in [-0.2, -0.15) is 0 Å². The summed E-state index contributed by atoms with van der Waals surface area (Å²) in [6, 6.07) is 0. The number of carbonyl (C=O) groups excluding carboxylic acids is 3. The predicted octanol–water partition coefficient (Wildman–Crippen LogP) is 32.6. The number of rotatable bonds is 97. The summed E-state index contributed by atoms with van der Waals surface area (Å²) in [6.07, 6.45) is 131. The Balaban J connectivity index is 4.54. The highest BCUT2D eigenvalue weighted by Crippen LogP contribution is 2.45. The minimum absolute atomic E-state index is 0.0893. The number of esters is 3. The summed E-state index contributed by atoms with van der Waals surface area (Å²) in [5.41, 5.74) is 0. The topological polar surface area (TPSA) is 231 Å². The van der Waals surface area contributed by atoms with Gasteiger partial charge in [0.1, 0.15) is 25.4 Å². The molecule has 0 rings (SSSR count). The molecule has 4 N–H and O–H groups in total. The molecule has 5 atom stereocenters. The van der Waals surface area contributed by atoms with Crippen molar-refractivity contribution in [3.63, 3.8) is 0 Å². The number of allylic oxidation sites excluding steroid dienone is 28. The number of aliphatic hydroxyl groups excluding tert-OH is 2. The van der Waals surface area contributed by atoms with Crippen molar-refractivity contribution >= 4 is 33.6 Å². The van der Waals surface area contributed by atoms with Gasteiger partial charge in [-0.3, -0.25) is 32.5 Å². The number of ether oxygens (including phenoxy) is 3. The highest BCUT2D eigenvalue weighted by atomic mass is 31.2. The summed E-state index contributed by atoms with van der Waals surface area (Å²) in [4.78, 5) is 59.2. The Morgan fingerprint density at radius 3 is 0.661 bits per heavy atom. The van der Waals surface area contributed by atoms with Crippen molar-refractivity contribution in [3.05, 3.63) is 170 Å². The lowest BCUT2D eigenvalue weighted by atomic mass is 10.0. The van der Waals surface area contributed by atoms with Crippen LogP contribution in [0.15, 0.2) is 170 Å². The first-order valence-corrected chi connectivity index (χ1v) is 54.4. The summed E-state index contributed by atoms with van der Waals surface area (Å²) in [5.74, 6) is -1.57. The molecule has 127 heavy (non-hydrogen) atoms. The highest BCUT2D eigenvalue weighted by Gasteiger charge is 2.30. The van der Waals surface area contributed by atoms with Crippen LogP contribution >= 0.6 is 15.6 Å². The van der Waals surface area contributed by atoms with Crippen molar-refractivity contribution in [2.24, 2.45) is 0 Å². The second-order valence-electron chi connectivity index (χ2n) is 34.2. The summed E-state index contributed by atoms with van der Waals surface area (Å²) >= 11 is 0. The first-order chi connectivity index (χ1) is 62.2. The number of unbranched alkanes of at least 4 members (excludes halogenated alkanes) is 46. The lowest BCUT2D eigenvalue weighted by molar-refractivity contribution is -0.161. The Morgan fingerprint density at radius 2 is 0.417 bits per heavy atom. The van der Waals surface area contributed by atoms with Gasteiger partial charge < -0.3 is 34.2 Å². The molecule has 0 radical (unpaired) electrons. The molecule has 0 saturated carbocycles. The molecule has 0 heterocycles. The van der Waals surface area contributed by atoms with Crippen LogP contribution in [0, 0.1) is 0 Å². The Morgan fingerprint density at radius 1 is 0.228 bits per heavy atom. The van der Waals surface area contributed by atoms with E-state index in [0.717, 1.165) is 167 Å². The third kappa shape index (κ3) is 101. The van der Waals surface area contributed by atoms with Gasteiger partial charge in [0.25, 0.3) is 0 Å². The molecule has 16 nitrogen and oxygen atoms in total. The SMILES string of the molecule is CC/C=C\C/C=C\C/C=C\C/C=C\C/C=C\CCCCCCCCCCCCCCCCCCCCCC(=O)OCC(O)COP(=O)(O)OCC(O)COP(=O)(O)OCC(COC(=O)CCCCCCCCCCCCCCCCCCC/C=C\C/C=C\C/C=C\C/C=C\CCCCC)OC(=O)CCCCCCCCC/C=C\C/C=C\C/C=C\C/C=C\C/C=C\CC. The Labute approximate surface area is 777 Å². The fourth-order valence-corrected chi connectivity index (χ4v) is 15.8. The molecule has 0 spiro atoms. The van der Waals surface area contributed by atoms with Gasteiger partial charge in [-0.05, 0) is 154 Å². The van der Waals surface area contributed by atoms with E-state index in [-0.39, 0.29) is 19.3 Å². The van der Waals surface area contributed by atoms with Gasteiger partial charge in [-0.15, -0.1) is 0 Å². The zero-order chi connectivity index (χ0) is 92.1. The van der Waals surface area contributed by atoms with E-state index in [1.54, 1.807) is 0 Å². The zero-order valence-corrected chi connectivity index (χ0v) is 82.7. The number of carbonyl (C=O) groups is 3. The predicted molar refractivity (Wildman–Crippen MR) is 537 cm³/mol. The standard InChI is InChI=1S/C109H188O16P2/c1-4-7-10-13-16-19-22-25-28-31-34-37-40-42-44-46-48-50-51-53-55-56-58-60-63-65-68-71-74-77-80-83-86-89-92-95-107(112)119-98-104(110)99-121-126(115,116)122-100-105(111)101-123-127(117,118)124-103-106(125-109(114)97-94-91-88-85-82-79-76-73-70-67-62-39-36-33-30-27-24-21-18-15-12-9-6-3)102-120-108(113)96-93-90-87-84-81-78-75-72-69-66-64-61-59-57-54-52-49-47-45-43-41-38-35-32-29-26-23-20-17-14-11-8-5-2/h7,9-10,12,16-21,25-30,34-39,42-45,67,70,104-106,110-111H,4-6,8,11,13-15,22-24,31-33,40-41,46-66,68-69,71-103H2,1-3H3,(H,115,116)(H,117,118)/b10-7-,12-9-,19-16-,20-17-,21-18-,28-25-,29-26-,30-27-,37-34-,38-35-,39-36-,44-42-,45-43-,70-67-. The maximum atomic E-state index is 13.1. The van der Waals surface area contributed by atoms with Gasteiger partial charge in [-0.25, -0.2) is 9.13 Å². The van der Waals surface area contributed by atoms with Crippen LogP contribution in [0.1, 0.15) is 445 Å². The van der Waals surface area contributed by atoms with Crippen LogP contribution in [0.2, 0.25) is 0 Å². The average molecular weight is 1820 g/mol. The number of hydrogen-bond acceptors (Lipinski definition) is 14. The van der Waals surface area contributed by atoms with E-state index in [2.05, 4.69) is 191 Å². The Kier molecular flexibility index (Phi) is 95.9. The number of phosphoric acid groups is 2. The molecule has 0 aliphatic carbocycles. The summed E-state index contributed by atoms with van der Waals surface area (Å²) in [5, 5.41) is 20.8. The van der Waals surface area contributed by atoms with E-state index in [0.29, 0.717) is 19.3 Å². The van der Waals surface area contributed by atoms with Crippen LogP contribution in [-0.2, 0) is 55.8 Å². The van der Waals surface area contributed by atoms with Crippen LogP contribution in [0.25, 0.3) is 0 Å². The molecule has 5 unspecified atom stereocenters. The smallest absolute Gasteiger partial charge is 0.463 e. The van der Waals surface area contributed by atoms with Crippen LogP contribution < -0.4 is 0 Å². The zero-order valence-electron chi connectivity index (χ0n) is 80.9. The molecule has 730 valence electrons. The second kappa shape index (κ2) is 99.9. The molecule has 0 saturated heterocycles. The van der Waals surface area contributed by atoms with Crippen molar-refractivity contribution in [1.29, 1.82) is 0 Å². The molecule has 0 aromatic rings. The molecular formula is C109H188O16P2. The first kappa shape index (κ1) is 122. The highest BCUT2D eigenvalue weighted by molar-refractivity contribution is 7.47. The molecule has 0 bridgehead atoms. The number of aliphatic hydroxyl groups is 2. The van der Waals surface area contributed by atoms with E-state index in [9.17, 15) is 43.5 Å². The van der Waals surface area contributed by atoms with Crippen LogP contribution in [0.3, 0.4) is 0 Å². The van der Waals surface area contributed by atoms with E-state index >= 15 is 0 Å². The van der Waals surface area contributed by atoms with Crippen LogP contribution in [-0.4, -0.2) is 95.9 Å². The average Bonchev–Trinajstić information content (AvgIpc) is 0.899. The van der Waals surface area contributed by atoms with Crippen molar-refractivity contribution in [3.8, 4) is 0 Å². The molecule has 0 aromatic heterocycles. The third-order valence-electron chi connectivity index (χ3n) is 21.9. The van der Waals surface area contributed by atoms with Crippen LogP contribution in [0.4, 0.5) is 0 Å². The van der Waals surface area contributed by atoms with E-state index in [1.807, 2.05) is 0 Å². The van der Waals surface area contributed by atoms with Crippen molar-refractivity contribution in [2.75, 3.05) is 39.6 Å². The quantitative estimate of drug-likeness (QED) is 0.0146. The van der Waals surface area contributed by atoms with Gasteiger partial charge in [0, 0.05) is 19.3 Å².